The van der Waals surface area contributed by atoms with Gasteiger partial charge in [0, 0.05) is 41.4 Å². The Bertz CT molecular complexity index is 839. The van der Waals surface area contributed by atoms with Gasteiger partial charge in [-0.2, -0.15) is 0 Å². The molecular weight excluding hydrogens is 376 g/mol. The van der Waals surface area contributed by atoms with Crippen LogP contribution in [0.2, 0.25) is 5.02 Å². The van der Waals surface area contributed by atoms with E-state index in [1.807, 2.05) is 30.3 Å². The van der Waals surface area contributed by atoms with Gasteiger partial charge in [0.05, 0.1) is 11.0 Å². The van der Waals surface area contributed by atoms with Gasteiger partial charge in [-0.25, -0.2) is 4.98 Å². The van der Waals surface area contributed by atoms with Crippen LogP contribution in [-0.2, 0) is 0 Å². The van der Waals surface area contributed by atoms with Crippen LogP contribution in [0.3, 0.4) is 0 Å². The molecule has 118 valence electrons. The maximum absolute atomic E-state index is 6.09. The average Bonchev–Trinajstić information content (AvgIpc) is 2.98. The molecule has 3 aromatic rings. The fourth-order valence-corrected chi connectivity index (χ4v) is 3.51. The van der Waals surface area contributed by atoms with Crippen LogP contribution < -0.4 is 9.80 Å². The summed E-state index contributed by atoms with van der Waals surface area (Å²) in [7, 11) is 0. The minimum absolute atomic E-state index is 0.785. The van der Waals surface area contributed by atoms with E-state index in [-0.39, 0.29) is 0 Å². The van der Waals surface area contributed by atoms with Crippen molar-refractivity contribution in [3.8, 4) is 0 Å². The smallest absolute Gasteiger partial charge is 0.203 e. The Balaban J connectivity index is 1.50. The summed E-state index contributed by atoms with van der Waals surface area (Å²) in [6.45, 7) is 3.79. The molecule has 1 saturated heterocycles. The van der Waals surface area contributed by atoms with Crippen LogP contribution in [0.25, 0.3) is 11.0 Å². The van der Waals surface area contributed by atoms with Crippen molar-refractivity contribution in [2.45, 2.75) is 0 Å². The minimum atomic E-state index is 0.785. The van der Waals surface area contributed by atoms with Gasteiger partial charge in [-0.15, -0.1) is 0 Å². The first-order chi connectivity index (χ1) is 11.2. The van der Waals surface area contributed by atoms with E-state index in [2.05, 4.69) is 42.8 Å². The number of fused-ring (bicyclic) bond motifs is 1. The lowest BCUT2D eigenvalue weighted by atomic mass is 10.2. The molecule has 1 aliphatic rings. The summed E-state index contributed by atoms with van der Waals surface area (Å²) in [4.78, 5) is 12.8. The van der Waals surface area contributed by atoms with E-state index < -0.39 is 0 Å². The zero-order valence-corrected chi connectivity index (χ0v) is 14.8. The summed E-state index contributed by atoms with van der Waals surface area (Å²) in [5, 5.41) is 0.785. The number of rotatable bonds is 2. The van der Waals surface area contributed by atoms with Crippen LogP contribution in [0.4, 0.5) is 11.6 Å². The van der Waals surface area contributed by atoms with Gasteiger partial charge in [0.1, 0.15) is 0 Å². The summed E-state index contributed by atoms with van der Waals surface area (Å²) in [6, 6.07) is 14.2. The number of nitrogens with zero attached hydrogens (tertiary/aromatic N) is 3. The number of H-pyrrole nitrogens is 1. The van der Waals surface area contributed by atoms with Crippen LogP contribution in [0.1, 0.15) is 0 Å². The van der Waals surface area contributed by atoms with Crippen LogP contribution >= 0.6 is 27.5 Å². The molecule has 0 spiro atoms. The molecule has 0 atom stereocenters. The summed E-state index contributed by atoms with van der Waals surface area (Å²) in [6.07, 6.45) is 0. The number of aromatic nitrogens is 2. The van der Waals surface area contributed by atoms with Crippen molar-refractivity contribution in [3.05, 3.63) is 52.0 Å². The second-order valence-corrected chi connectivity index (χ2v) is 7.03. The molecule has 1 aliphatic heterocycles. The number of nitrogens with one attached hydrogen (secondary N) is 1. The molecule has 23 heavy (non-hydrogen) atoms. The molecular formula is C17H16BrClN4. The van der Waals surface area contributed by atoms with E-state index in [1.165, 1.54) is 5.69 Å². The molecule has 2 heterocycles. The number of hydrogen-bond donors (Lipinski definition) is 1. The van der Waals surface area contributed by atoms with Gasteiger partial charge in [-0.1, -0.05) is 33.6 Å². The van der Waals surface area contributed by atoms with Crippen molar-refractivity contribution in [2.24, 2.45) is 0 Å². The monoisotopic (exact) mass is 390 g/mol. The molecule has 0 amide bonds. The fourth-order valence-electron chi connectivity index (χ4n) is 2.97. The van der Waals surface area contributed by atoms with Gasteiger partial charge >= 0.3 is 0 Å². The van der Waals surface area contributed by atoms with Crippen LogP contribution in [0.5, 0.6) is 0 Å². The topological polar surface area (TPSA) is 35.2 Å². The Morgan fingerprint density at radius 1 is 1.00 bits per heavy atom. The zero-order chi connectivity index (χ0) is 15.8. The van der Waals surface area contributed by atoms with Gasteiger partial charge in [0.25, 0.3) is 0 Å². The van der Waals surface area contributed by atoms with Crippen LogP contribution in [0.15, 0.2) is 46.9 Å². The highest BCUT2D eigenvalue weighted by atomic mass is 79.9. The molecule has 1 fully saturated rings. The van der Waals surface area contributed by atoms with Gasteiger partial charge < -0.3 is 14.8 Å². The van der Waals surface area contributed by atoms with Gasteiger partial charge in [0.2, 0.25) is 5.95 Å². The van der Waals surface area contributed by atoms with Gasteiger partial charge in [-0.3, -0.25) is 0 Å². The quantitative estimate of drug-likeness (QED) is 0.707. The SMILES string of the molecule is Clc1cccc(N2CCN(c3nc4ccc(Br)cc4[nH]3)CC2)c1. The van der Waals surface area contributed by atoms with Gasteiger partial charge in [-0.05, 0) is 36.4 Å². The first-order valence-electron chi connectivity index (χ1n) is 7.60. The molecule has 0 saturated carbocycles. The highest BCUT2D eigenvalue weighted by Gasteiger charge is 2.20. The Hall–Kier alpha value is -1.72. The van der Waals surface area contributed by atoms with Crippen molar-refractivity contribution < 1.29 is 0 Å². The van der Waals surface area contributed by atoms with Crippen molar-refractivity contribution in [1.29, 1.82) is 0 Å². The Kier molecular flexibility index (Phi) is 3.91. The Morgan fingerprint density at radius 2 is 1.78 bits per heavy atom. The predicted octanol–water partition coefficient (Wildman–Crippen LogP) is 4.31. The zero-order valence-electron chi connectivity index (χ0n) is 12.5. The molecule has 0 bridgehead atoms. The van der Waals surface area contributed by atoms with Crippen molar-refractivity contribution in [2.75, 3.05) is 36.0 Å². The van der Waals surface area contributed by atoms with Crippen molar-refractivity contribution in [1.82, 2.24) is 9.97 Å². The third-order valence-electron chi connectivity index (χ3n) is 4.18. The summed E-state index contributed by atoms with van der Waals surface area (Å²) < 4.78 is 1.06. The lowest BCUT2D eigenvalue weighted by Crippen LogP contribution is -2.46. The predicted molar refractivity (Wildman–Crippen MR) is 99.7 cm³/mol. The largest absolute Gasteiger partial charge is 0.368 e. The number of halogens is 2. The van der Waals surface area contributed by atoms with E-state index in [1.54, 1.807) is 0 Å². The van der Waals surface area contributed by atoms with E-state index >= 15 is 0 Å². The normalized spacial score (nSPS) is 15.4. The molecule has 2 aromatic carbocycles. The first kappa shape index (κ1) is 14.8. The van der Waals surface area contributed by atoms with Crippen molar-refractivity contribution in [3.63, 3.8) is 0 Å². The lowest BCUT2D eigenvalue weighted by Gasteiger charge is -2.36. The third-order valence-corrected chi connectivity index (χ3v) is 4.91. The number of anilines is 2. The molecule has 0 unspecified atom stereocenters. The van der Waals surface area contributed by atoms with Gasteiger partial charge in [0.15, 0.2) is 0 Å². The second-order valence-electron chi connectivity index (χ2n) is 5.68. The second kappa shape index (κ2) is 6.06. The highest BCUT2D eigenvalue weighted by molar-refractivity contribution is 9.10. The number of piperazine rings is 1. The summed E-state index contributed by atoms with van der Waals surface area (Å²) in [5.74, 6) is 0.948. The molecule has 0 radical (unpaired) electrons. The maximum Gasteiger partial charge on any atom is 0.203 e. The maximum atomic E-state index is 6.09. The molecule has 0 aliphatic carbocycles. The summed E-state index contributed by atoms with van der Waals surface area (Å²) in [5.41, 5.74) is 3.25. The molecule has 4 nitrogen and oxygen atoms in total. The number of benzene rings is 2. The number of hydrogen-bond acceptors (Lipinski definition) is 3. The number of aromatic amines is 1. The Labute approximate surface area is 148 Å². The van der Waals surface area contributed by atoms with Crippen LogP contribution in [0, 0.1) is 0 Å². The van der Waals surface area contributed by atoms with E-state index in [0.29, 0.717) is 0 Å². The molecule has 1 N–H and O–H groups in total. The average molecular weight is 392 g/mol. The molecule has 6 heteroatoms. The number of imidazole rings is 1. The molecule has 4 rings (SSSR count). The van der Waals surface area contributed by atoms with E-state index in [4.69, 9.17) is 16.6 Å². The van der Waals surface area contributed by atoms with Crippen molar-refractivity contribution >= 4 is 50.2 Å². The summed E-state index contributed by atoms with van der Waals surface area (Å²) >= 11 is 9.59. The Morgan fingerprint density at radius 3 is 2.57 bits per heavy atom. The fraction of sp³-hybridized carbons (Fsp3) is 0.235. The van der Waals surface area contributed by atoms with Crippen LogP contribution in [-0.4, -0.2) is 36.1 Å². The van der Waals surface area contributed by atoms with E-state index in [9.17, 15) is 0 Å². The molecule has 1 aromatic heterocycles. The standard InChI is InChI=1S/C17H16BrClN4/c18-12-4-5-15-16(10-12)21-17(20-15)23-8-6-22(7-9-23)14-3-1-2-13(19)11-14/h1-5,10-11H,6-9H2,(H,20,21). The highest BCUT2D eigenvalue weighted by Crippen LogP contribution is 2.24. The first-order valence-corrected chi connectivity index (χ1v) is 8.77. The minimum Gasteiger partial charge on any atom is -0.368 e. The lowest BCUT2D eigenvalue weighted by molar-refractivity contribution is 0.643. The third kappa shape index (κ3) is 3.03. The van der Waals surface area contributed by atoms with E-state index in [0.717, 1.165) is 52.7 Å².